The number of urea groups is 1. The van der Waals surface area contributed by atoms with Crippen LogP contribution in [0.2, 0.25) is 0 Å². The van der Waals surface area contributed by atoms with E-state index in [1.165, 1.54) is 30.5 Å². The monoisotopic (exact) mass is 355 g/mol. The maximum Gasteiger partial charge on any atom is 0.317 e. The minimum absolute atomic E-state index is 0.144. The molecule has 0 bridgehead atoms. The Balaban J connectivity index is 1.60. The highest BCUT2D eigenvalue weighted by molar-refractivity contribution is 5.73. The number of benzene rings is 2. The molecular weight excluding hydrogens is 329 g/mol. The summed E-state index contributed by atoms with van der Waals surface area (Å²) in [6.07, 6.45) is 2.41. The Morgan fingerprint density at radius 1 is 1.15 bits per heavy atom. The molecule has 0 radical (unpaired) electrons. The number of nitrogens with one attached hydrogen (secondary N) is 1. The number of hydrogen-bond donors (Lipinski definition) is 1. The van der Waals surface area contributed by atoms with Gasteiger partial charge in [0.25, 0.3) is 0 Å². The Bertz CT molecular complexity index is 716. The van der Waals surface area contributed by atoms with Crippen LogP contribution in [-0.2, 0) is 6.54 Å². The lowest BCUT2D eigenvalue weighted by molar-refractivity contribution is 0.195. The number of rotatable bonds is 6. The first-order valence-electron chi connectivity index (χ1n) is 9.16. The van der Waals surface area contributed by atoms with Crippen molar-refractivity contribution in [3.8, 4) is 0 Å². The molecule has 1 aliphatic rings. The van der Waals surface area contributed by atoms with Crippen LogP contribution in [0.5, 0.6) is 0 Å². The quantitative estimate of drug-likeness (QED) is 0.855. The maximum absolute atomic E-state index is 13.3. The molecule has 1 atom stereocenters. The Hall–Kier alpha value is -2.40. The van der Waals surface area contributed by atoms with Gasteiger partial charge in [0.05, 0.1) is 6.04 Å². The molecule has 138 valence electrons. The van der Waals surface area contributed by atoms with Crippen LogP contribution < -0.4 is 5.32 Å². The highest BCUT2D eigenvalue weighted by Gasteiger charge is 2.24. The molecule has 4 nitrogen and oxygen atoms in total. The number of amides is 2. The number of halogens is 1. The molecule has 1 saturated heterocycles. The van der Waals surface area contributed by atoms with Crippen molar-refractivity contribution in [2.24, 2.45) is 0 Å². The molecule has 2 amide bonds. The van der Waals surface area contributed by atoms with Crippen LogP contribution in [0.4, 0.5) is 9.18 Å². The fourth-order valence-corrected chi connectivity index (χ4v) is 3.49. The van der Waals surface area contributed by atoms with Gasteiger partial charge in [-0.1, -0.05) is 42.5 Å². The van der Waals surface area contributed by atoms with E-state index in [0.717, 1.165) is 18.7 Å². The SMILES string of the molecule is CN(Cc1cccc(F)c1)C(=O)NCC(c1ccccc1)N1CCCC1. The third kappa shape index (κ3) is 4.82. The first-order valence-corrected chi connectivity index (χ1v) is 9.16. The smallest absolute Gasteiger partial charge is 0.317 e. The first-order chi connectivity index (χ1) is 12.6. The fraction of sp³-hybridized carbons (Fsp3) is 0.381. The van der Waals surface area contributed by atoms with Crippen molar-refractivity contribution >= 4 is 6.03 Å². The topological polar surface area (TPSA) is 35.6 Å². The molecule has 2 aromatic carbocycles. The van der Waals surface area contributed by atoms with Gasteiger partial charge in [-0.3, -0.25) is 4.90 Å². The summed E-state index contributed by atoms with van der Waals surface area (Å²) < 4.78 is 13.3. The van der Waals surface area contributed by atoms with E-state index in [0.29, 0.717) is 13.1 Å². The third-order valence-corrected chi connectivity index (χ3v) is 4.87. The molecule has 1 unspecified atom stereocenters. The summed E-state index contributed by atoms with van der Waals surface area (Å²) in [4.78, 5) is 16.5. The summed E-state index contributed by atoms with van der Waals surface area (Å²) >= 11 is 0. The van der Waals surface area contributed by atoms with Gasteiger partial charge in [-0.2, -0.15) is 0 Å². The number of carbonyl (C=O) groups is 1. The second-order valence-electron chi connectivity index (χ2n) is 6.84. The van der Waals surface area contributed by atoms with Gasteiger partial charge in [0.2, 0.25) is 0 Å². The van der Waals surface area contributed by atoms with Crippen LogP contribution in [0, 0.1) is 5.82 Å². The van der Waals surface area contributed by atoms with E-state index in [9.17, 15) is 9.18 Å². The minimum Gasteiger partial charge on any atom is -0.336 e. The molecule has 0 aromatic heterocycles. The van der Waals surface area contributed by atoms with Gasteiger partial charge in [0.15, 0.2) is 0 Å². The lowest BCUT2D eigenvalue weighted by Crippen LogP contribution is -2.42. The Labute approximate surface area is 154 Å². The van der Waals surface area contributed by atoms with Crippen LogP contribution in [0.25, 0.3) is 0 Å². The van der Waals surface area contributed by atoms with E-state index in [-0.39, 0.29) is 17.9 Å². The molecule has 3 rings (SSSR count). The summed E-state index contributed by atoms with van der Waals surface area (Å²) in [5.74, 6) is -0.283. The molecule has 1 N–H and O–H groups in total. The van der Waals surface area contributed by atoms with Crippen LogP contribution in [-0.4, -0.2) is 42.5 Å². The number of nitrogens with zero attached hydrogens (tertiary/aromatic N) is 2. The van der Waals surface area contributed by atoms with Crippen molar-refractivity contribution < 1.29 is 9.18 Å². The van der Waals surface area contributed by atoms with E-state index in [2.05, 4.69) is 22.3 Å². The van der Waals surface area contributed by atoms with E-state index in [4.69, 9.17) is 0 Å². The zero-order valence-corrected chi connectivity index (χ0v) is 15.2. The Morgan fingerprint density at radius 3 is 2.58 bits per heavy atom. The molecule has 5 heteroatoms. The summed E-state index contributed by atoms with van der Waals surface area (Å²) in [5.41, 5.74) is 2.00. The predicted octanol–water partition coefficient (Wildman–Crippen LogP) is 3.80. The lowest BCUT2D eigenvalue weighted by Gasteiger charge is -2.29. The molecule has 26 heavy (non-hydrogen) atoms. The fourth-order valence-electron chi connectivity index (χ4n) is 3.49. The molecule has 0 spiro atoms. The molecular formula is C21H26FN3O. The van der Waals surface area contributed by atoms with E-state index < -0.39 is 0 Å². The van der Waals surface area contributed by atoms with Gasteiger partial charge in [-0.25, -0.2) is 9.18 Å². The normalized spacial score (nSPS) is 15.6. The molecule has 2 aromatic rings. The second-order valence-corrected chi connectivity index (χ2v) is 6.84. The molecule has 1 aliphatic heterocycles. The highest BCUT2D eigenvalue weighted by Crippen LogP contribution is 2.24. The Morgan fingerprint density at radius 2 is 1.88 bits per heavy atom. The second kappa shape index (κ2) is 8.81. The molecule has 1 fully saturated rings. The standard InChI is InChI=1S/C21H26FN3O/c1-24(16-17-8-7-11-19(22)14-17)21(26)23-15-20(25-12-5-6-13-25)18-9-3-2-4-10-18/h2-4,7-11,14,20H,5-6,12-13,15-16H2,1H3,(H,23,26). The molecule has 0 aliphatic carbocycles. The Kier molecular flexibility index (Phi) is 6.23. The average molecular weight is 355 g/mol. The largest absolute Gasteiger partial charge is 0.336 e. The summed E-state index contributed by atoms with van der Waals surface area (Å²) in [5, 5.41) is 3.04. The van der Waals surface area contributed by atoms with Crippen molar-refractivity contribution in [1.29, 1.82) is 0 Å². The predicted molar refractivity (Wildman–Crippen MR) is 101 cm³/mol. The summed E-state index contributed by atoms with van der Waals surface area (Å²) in [7, 11) is 1.73. The van der Waals surface area contributed by atoms with Crippen molar-refractivity contribution in [1.82, 2.24) is 15.1 Å². The molecule has 1 heterocycles. The summed E-state index contributed by atoms with van der Waals surface area (Å²) in [6.45, 7) is 3.07. The van der Waals surface area contributed by atoms with Gasteiger partial charge in [-0.15, -0.1) is 0 Å². The van der Waals surface area contributed by atoms with Crippen molar-refractivity contribution in [3.63, 3.8) is 0 Å². The first kappa shape index (κ1) is 18.4. The number of hydrogen-bond acceptors (Lipinski definition) is 2. The van der Waals surface area contributed by atoms with Crippen molar-refractivity contribution in [2.45, 2.75) is 25.4 Å². The average Bonchev–Trinajstić information content (AvgIpc) is 3.17. The zero-order chi connectivity index (χ0) is 18.4. The van der Waals surface area contributed by atoms with Crippen molar-refractivity contribution in [3.05, 3.63) is 71.5 Å². The van der Waals surface area contributed by atoms with Gasteiger partial charge >= 0.3 is 6.03 Å². The summed E-state index contributed by atoms with van der Waals surface area (Å²) in [6, 6.07) is 16.7. The highest BCUT2D eigenvalue weighted by atomic mass is 19.1. The van der Waals surface area contributed by atoms with Gasteiger partial charge < -0.3 is 10.2 Å². The number of carbonyl (C=O) groups excluding carboxylic acids is 1. The van der Waals surface area contributed by atoms with E-state index in [1.54, 1.807) is 18.0 Å². The minimum atomic E-state index is -0.283. The lowest BCUT2D eigenvalue weighted by atomic mass is 10.1. The van der Waals surface area contributed by atoms with Crippen LogP contribution >= 0.6 is 0 Å². The van der Waals surface area contributed by atoms with Crippen LogP contribution in [0.1, 0.15) is 30.0 Å². The van der Waals surface area contributed by atoms with Crippen LogP contribution in [0.15, 0.2) is 54.6 Å². The van der Waals surface area contributed by atoms with Crippen molar-refractivity contribution in [2.75, 3.05) is 26.7 Å². The number of likely N-dealkylation sites (tertiary alicyclic amines) is 1. The van der Waals surface area contributed by atoms with Gasteiger partial charge in [-0.05, 0) is 49.2 Å². The van der Waals surface area contributed by atoms with Gasteiger partial charge in [0.1, 0.15) is 5.82 Å². The van der Waals surface area contributed by atoms with E-state index >= 15 is 0 Å². The van der Waals surface area contributed by atoms with E-state index in [1.807, 2.05) is 24.3 Å². The van der Waals surface area contributed by atoms with Gasteiger partial charge in [0, 0.05) is 20.1 Å². The molecule has 0 saturated carbocycles. The van der Waals surface area contributed by atoms with Crippen LogP contribution in [0.3, 0.4) is 0 Å². The maximum atomic E-state index is 13.3. The zero-order valence-electron chi connectivity index (χ0n) is 15.2. The third-order valence-electron chi connectivity index (χ3n) is 4.87.